The monoisotopic (exact) mass is 329 g/mol. The number of para-hydroxylation sites is 2. The summed E-state index contributed by atoms with van der Waals surface area (Å²) >= 11 is 0. The average molecular weight is 329 g/mol. The van der Waals surface area contributed by atoms with Crippen molar-refractivity contribution in [3.8, 4) is 0 Å². The van der Waals surface area contributed by atoms with Crippen molar-refractivity contribution >= 4 is 34.3 Å². The molecule has 0 saturated heterocycles. The minimum atomic E-state index is -0.0861. The Balaban J connectivity index is 1.78. The second kappa shape index (κ2) is 6.06. The molecule has 0 saturated carbocycles. The average Bonchev–Trinajstić information content (AvgIpc) is 3.15. The van der Waals surface area contributed by atoms with Gasteiger partial charge in [0.1, 0.15) is 0 Å². The molecule has 4 rings (SSSR count). The van der Waals surface area contributed by atoms with Crippen molar-refractivity contribution < 1.29 is 4.79 Å². The molecule has 2 heterocycles. The Morgan fingerprint density at radius 2 is 1.76 bits per heavy atom. The zero-order chi connectivity index (χ0) is 17.4. The number of benzene rings is 2. The summed E-state index contributed by atoms with van der Waals surface area (Å²) in [5, 5.41) is 7.07. The summed E-state index contributed by atoms with van der Waals surface area (Å²) in [5.74, 6) is -0.0861. The lowest BCUT2D eigenvalue weighted by molar-refractivity contribution is -0.114. The summed E-state index contributed by atoms with van der Waals surface area (Å²) in [4.78, 5) is 12.9. The molecule has 4 nitrogen and oxygen atoms in total. The van der Waals surface area contributed by atoms with Crippen LogP contribution in [0.1, 0.15) is 19.4 Å². The number of hydrazone groups is 1. The molecule has 1 amide bonds. The third-order valence-electron chi connectivity index (χ3n) is 4.52. The Kier molecular flexibility index (Phi) is 3.73. The van der Waals surface area contributed by atoms with Gasteiger partial charge in [-0.1, -0.05) is 36.4 Å². The van der Waals surface area contributed by atoms with Crippen molar-refractivity contribution in [3.63, 3.8) is 0 Å². The number of fused-ring (bicyclic) bond motifs is 1. The number of nitrogens with zero attached hydrogens (tertiary/aromatic N) is 3. The highest BCUT2D eigenvalue weighted by molar-refractivity contribution is 6.32. The first-order valence-electron chi connectivity index (χ1n) is 8.43. The quantitative estimate of drug-likeness (QED) is 0.653. The van der Waals surface area contributed by atoms with E-state index in [1.54, 1.807) is 0 Å². The fraction of sp³-hybridized carbons (Fsp3) is 0.143. The fourth-order valence-corrected chi connectivity index (χ4v) is 3.24. The fourth-order valence-electron chi connectivity index (χ4n) is 3.24. The maximum Gasteiger partial charge on any atom is 0.280 e. The van der Waals surface area contributed by atoms with Gasteiger partial charge in [0.15, 0.2) is 0 Å². The van der Waals surface area contributed by atoms with Gasteiger partial charge in [-0.05, 0) is 38.1 Å². The summed E-state index contributed by atoms with van der Waals surface area (Å²) < 4.78 is 2.20. The van der Waals surface area contributed by atoms with Crippen LogP contribution >= 0.6 is 0 Å². The zero-order valence-electron chi connectivity index (χ0n) is 14.3. The number of aryl methyl sites for hydroxylation is 1. The van der Waals surface area contributed by atoms with E-state index in [1.165, 1.54) is 10.5 Å². The molecule has 0 spiro atoms. The molecule has 0 unspecified atom stereocenters. The molecule has 0 bridgehead atoms. The topological polar surface area (TPSA) is 37.6 Å². The Morgan fingerprint density at radius 3 is 2.52 bits per heavy atom. The largest absolute Gasteiger partial charge is 0.347 e. The molecule has 3 aromatic rings. The third-order valence-corrected chi connectivity index (χ3v) is 4.52. The molecule has 1 aromatic heterocycles. The summed E-state index contributed by atoms with van der Waals surface area (Å²) in [5.41, 5.74) is 4.39. The van der Waals surface area contributed by atoms with E-state index < -0.39 is 0 Å². The minimum absolute atomic E-state index is 0.0861. The van der Waals surface area contributed by atoms with Crippen LogP contribution in [-0.2, 0) is 11.3 Å². The molecule has 2 aromatic carbocycles. The standard InChI is InChI=1S/C21H19N3O/c1-3-23-14-16(18-11-7-8-12-20(18)23)13-19-15(2)22-24(21(19)25)17-9-5-4-6-10-17/h4-14H,3H2,1-2H3/b19-13-. The molecular formula is C21H19N3O. The van der Waals surface area contributed by atoms with Gasteiger partial charge >= 0.3 is 0 Å². The van der Waals surface area contributed by atoms with Crippen LogP contribution in [-0.4, -0.2) is 16.2 Å². The maximum absolute atomic E-state index is 12.9. The Morgan fingerprint density at radius 1 is 1.04 bits per heavy atom. The Bertz CT molecular complexity index is 1010. The van der Waals surface area contributed by atoms with Gasteiger partial charge in [0, 0.05) is 29.2 Å². The molecule has 0 N–H and O–H groups in total. The van der Waals surface area contributed by atoms with Gasteiger partial charge in [-0.3, -0.25) is 4.79 Å². The van der Waals surface area contributed by atoms with Gasteiger partial charge in [-0.25, -0.2) is 0 Å². The molecule has 0 atom stereocenters. The van der Waals surface area contributed by atoms with Gasteiger partial charge in [0.05, 0.1) is 17.0 Å². The number of rotatable bonds is 3. The number of carbonyl (C=O) groups is 1. The maximum atomic E-state index is 12.9. The number of hydrogen-bond acceptors (Lipinski definition) is 2. The summed E-state index contributed by atoms with van der Waals surface area (Å²) in [6, 6.07) is 17.8. The first-order valence-corrected chi connectivity index (χ1v) is 8.43. The highest BCUT2D eigenvalue weighted by Crippen LogP contribution is 2.28. The number of carbonyl (C=O) groups excluding carboxylic acids is 1. The Hall–Kier alpha value is -3.14. The van der Waals surface area contributed by atoms with Crippen LogP contribution < -0.4 is 5.01 Å². The Labute approximate surface area is 146 Å². The number of anilines is 1. The lowest BCUT2D eigenvalue weighted by Gasteiger charge is -2.10. The van der Waals surface area contributed by atoms with Gasteiger partial charge in [-0.2, -0.15) is 10.1 Å². The second-order valence-electron chi connectivity index (χ2n) is 6.08. The van der Waals surface area contributed by atoms with Gasteiger partial charge in [0.2, 0.25) is 0 Å². The van der Waals surface area contributed by atoms with Crippen molar-refractivity contribution in [2.45, 2.75) is 20.4 Å². The van der Waals surface area contributed by atoms with Gasteiger partial charge in [-0.15, -0.1) is 0 Å². The van der Waals surface area contributed by atoms with Crippen LogP contribution in [0.15, 0.2) is 71.5 Å². The molecule has 0 aliphatic carbocycles. The van der Waals surface area contributed by atoms with Crippen molar-refractivity contribution in [2.75, 3.05) is 5.01 Å². The van der Waals surface area contributed by atoms with Crippen LogP contribution in [0.25, 0.3) is 17.0 Å². The van der Waals surface area contributed by atoms with E-state index in [9.17, 15) is 4.79 Å². The zero-order valence-corrected chi connectivity index (χ0v) is 14.3. The molecule has 25 heavy (non-hydrogen) atoms. The third kappa shape index (κ3) is 2.56. The van der Waals surface area contributed by atoms with Crippen LogP contribution in [0, 0.1) is 0 Å². The van der Waals surface area contributed by atoms with E-state index in [4.69, 9.17) is 0 Å². The summed E-state index contributed by atoms with van der Waals surface area (Å²) in [6.07, 6.45) is 4.06. The van der Waals surface area contributed by atoms with Crippen LogP contribution in [0.2, 0.25) is 0 Å². The predicted molar refractivity (Wildman–Crippen MR) is 103 cm³/mol. The van der Waals surface area contributed by atoms with E-state index in [0.717, 1.165) is 28.9 Å². The molecule has 4 heteroatoms. The summed E-state index contributed by atoms with van der Waals surface area (Å²) in [7, 11) is 0. The molecule has 0 fully saturated rings. The predicted octanol–water partition coefficient (Wildman–Crippen LogP) is 4.47. The SMILES string of the molecule is CCn1cc(/C=C2\C(=O)N(c3ccccc3)N=C2C)c2ccccc21. The van der Waals surface area contributed by atoms with Crippen molar-refractivity contribution in [1.82, 2.24) is 4.57 Å². The highest BCUT2D eigenvalue weighted by Gasteiger charge is 2.28. The lowest BCUT2D eigenvalue weighted by Crippen LogP contribution is -2.21. The van der Waals surface area contributed by atoms with E-state index in [2.05, 4.69) is 34.9 Å². The van der Waals surface area contributed by atoms with Gasteiger partial charge in [0.25, 0.3) is 5.91 Å². The first kappa shape index (κ1) is 15.4. The number of aromatic nitrogens is 1. The lowest BCUT2D eigenvalue weighted by atomic mass is 10.1. The van der Waals surface area contributed by atoms with Crippen LogP contribution in [0.5, 0.6) is 0 Å². The summed E-state index contributed by atoms with van der Waals surface area (Å²) in [6.45, 7) is 4.89. The smallest absolute Gasteiger partial charge is 0.280 e. The molecule has 124 valence electrons. The minimum Gasteiger partial charge on any atom is -0.347 e. The van der Waals surface area contributed by atoms with Crippen LogP contribution in [0.4, 0.5) is 5.69 Å². The first-order chi connectivity index (χ1) is 12.2. The second-order valence-corrected chi connectivity index (χ2v) is 6.08. The normalized spacial score (nSPS) is 16.1. The molecule has 0 radical (unpaired) electrons. The van der Waals surface area contributed by atoms with E-state index in [1.807, 2.05) is 55.5 Å². The molecule has 1 aliphatic rings. The van der Waals surface area contributed by atoms with Crippen molar-refractivity contribution in [2.24, 2.45) is 5.10 Å². The van der Waals surface area contributed by atoms with Crippen molar-refractivity contribution in [1.29, 1.82) is 0 Å². The number of amides is 1. The van der Waals surface area contributed by atoms with E-state index in [0.29, 0.717) is 5.57 Å². The highest BCUT2D eigenvalue weighted by atomic mass is 16.2. The van der Waals surface area contributed by atoms with Crippen molar-refractivity contribution in [3.05, 3.63) is 71.9 Å². The van der Waals surface area contributed by atoms with Crippen LogP contribution in [0.3, 0.4) is 0 Å². The van der Waals surface area contributed by atoms with E-state index >= 15 is 0 Å². The van der Waals surface area contributed by atoms with Gasteiger partial charge < -0.3 is 4.57 Å². The number of hydrogen-bond donors (Lipinski definition) is 0. The molecular weight excluding hydrogens is 310 g/mol. The van der Waals surface area contributed by atoms with E-state index in [-0.39, 0.29) is 5.91 Å². The molecule has 1 aliphatic heterocycles.